The van der Waals surface area contributed by atoms with Crippen LogP contribution in [-0.4, -0.2) is 41.3 Å². The van der Waals surface area contributed by atoms with E-state index in [0.29, 0.717) is 13.2 Å². The molecule has 24 heavy (non-hydrogen) atoms. The third-order valence-corrected chi connectivity index (χ3v) is 4.37. The van der Waals surface area contributed by atoms with Crippen LogP contribution in [0.4, 0.5) is 10.3 Å². The average molecular weight is 326 g/mol. The molecule has 1 saturated heterocycles. The van der Waals surface area contributed by atoms with Crippen molar-refractivity contribution >= 4 is 16.9 Å². The number of hydrogen-bond acceptors (Lipinski definition) is 4. The number of H-pyrrole nitrogens is 1. The molecular formula is C18H19FN4O. The summed E-state index contributed by atoms with van der Waals surface area (Å²) in [6.45, 7) is 3.08. The van der Waals surface area contributed by atoms with E-state index in [4.69, 9.17) is 4.74 Å². The molecule has 2 aromatic heterocycles. The average Bonchev–Trinajstić information content (AvgIpc) is 3.03. The molecule has 5 nitrogen and oxygen atoms in total. The van der Waals surface area contributed by atoms with E-state index in [-0.39, 0.29) is 5.82 Å². The molecule has 1 aliphatic heterocycles. The maximum atomic E-state index is 13.5. The van der Waals surface area contributed by atoms with Crippen molar-refractivity contribution in [3.05, 3.63) is 53.7 Å². The fourth-order valence-electron chi connectivity index (χ4n) is 3.06. The lowest BCUT2D eigenvalue weighted by molar-refractivity contribution is 0.122. The number of rotatable bonds is 4. The maximum absolute atomic E-state index is 13.5. The van der Waals surface area contributed by atoms with Crippen molar-refractivity contribution in [1.82, 2.24) is 15.0 Å². The summed E-state index contributed by atoms with van der Waals surface area (Å²) < 4.78 is 18.8. The van der Waals surface area contributed by atoms with Crippen LogP contribution in [-0.2, 0) is 17.6 Å². The van der Waals surface area contributed by atoms with Gasteiger partial charge in [-0.25, -0.2) is 14.4 Å². The van der Waals surface area contributed by atoms with E-state index in [1.807, 2.05) is 18.5 Å². The van der Waals surface area contributed by atoms with Gasteiger partial charge in [-0.1, -0.05) is 0 Å². The second kappa shape index (κ2) is 6.57. The van der Waals surface area contributed by atoms with E-state index in [0.717, 1.165) is 54.0 Å². The molecule has 124 valence electrons. The minimum absolute atomic E-state index is 0.208. The van der Waals surface area contributed by atoms with Crippen LogP contribution in [0.5, 0.6) is 0 Å². The minimum atomic E-state index is -0.208. The highest BCUT2D eigenvalue weighted by Crippen LogP contribution is 2.21. The van der Waals surface area contributed by atoms with Crippen molar-refractivity contribution in [3.8, 4) is 0 Å². The second-order valence-electron chi connectivity index (χ2n) is 5.95. The van der Waals surface area contributed by atoms with Crippen molar-refractivity contribution in [2.75, 3.05) is 31.2 Å². The SMILES string of the molecule is Fc1ccc2[nH]cc(CCc3ccnc(N4CCOCC4)n3)c2c1. The van der Waals surface area contributed by atoms with E-state index in [2.05, 4.69) is 19.9 Å². The van der Waals surface area contributed by atoms with Crippen molar-refractivity contribution in [2.24, 2.45) is 0 Å². The van der Waals surface area contributed by atoms with Gasteiger partial charge in [-0.2, -0.15) is 0 Å². The Bertz CT molecular complexity index is 842. The number of nitrogens with one attached hydrogen (secondary N) is 1. The fourth-order valence-corrected chi connectivity index (χ4v) is 3.06. The van der Waals surface area contributed by atoms with E-state index in [9.17, 15) is 4.39 Å². The Hall–Kier alpha value is -2.47. The molecule has 0 atom stereocenters. The summed E-state index contributed by atoms with van der Waals surface area (Å²) in [5, 5.41) is 0.942. The van der Waals surface area contributed by atoms with E-state index >= 15 is 0 Å². The van der Waals surface area contributed by atoms with Crippen LogP contribution in [0.2, 0.25) is 0 Å². The van der Waals surface area contributed by atoms with Gasteiger partial charge in [-0.05, 0) is 42.7 Å². The summed E-state index contributed by atoms with van der Waals surface area (Å²) in [4.78, 5) is 14.4. The lowest BCUT2D eigenvalue weighted by Crippen LogP contribution is -2.37. The molecule has 1 aromatic carbocycles. The molecule has 0 spiro atoms. The number of aromatic nitrogens is 3. The Morgan fingerprint density at radius 2 is 2.04 bits per heavy atom. The normalized spacial score (nSPS) is 15.1. The van der Waals surface area contributed by atoms with Gasteiger partial charge in [0.2, 0.25) is 5.95 Å². The smallest absolute Gasteiger partial charge is 0.225 e. The van der Waals surface area contributed by atoms with Gasteiger partial charge in [0.15, 0.2) is 0 Å². The van der Waals surface area contributed by atoms with Crippen molar-refractivity contribution in [3.63, 3.8) is 0 Å². The Kier molecular flexibility index (Phi) is 4.13. The monoisotopic (exact) mass is 326 g/mol. The zero-order valence-electron chi connectivity index (χ0n) is 13.3. The zero-order chi connectivity index (χ0) is 16.4. The highest BCUT2D eigenvalue weighted by molar-refractivity contribution is 5.83. The summed E-state index contributed by atoms with van der Waals surface area (Å²) in [6, 6.07) is 6.77. The molecule has 1 aliphatic rings. The second-order valence-corrected chi connectivity index (χ2v) is 5.95. The number of halogens is 1. The van der Waals surface area contributed by atoms with Crippen molar-refractivity contribution < 1.29 is 9.13 Å². The lowest BCUT2D eigenvalue weighted by Gasteiger charge is -2.26. The number of nitrogens with zero attached hydrogens (tertiary/aromatic N) is 3. The first kappa shape index (κ1) is 15.1. The number of aryl methyl sites for hydroxylation is 2. The van der Waals surface area contributed by atoms with Gasteiger partial charge in [0.1, 0.15) is 5.82 Å². The Labute approximate surface area is 139 Å². The number of benzene rings is 1. The van der Waals surface area contributed by atoms with Crippen LogP contribution in [0.25, 0.3) is 10.9 Å². The molecule has 3 aromatic rings. The first-order chi connectivity index (χ1) is 11.8. The van der Waals surface area contributed by atoms with Gasteiger partial charge < -0.3 is 14.6 Å². The van der Waals surface area contributed by atoms with Gasteiger partial charge in [-0.15, -0.1) is 0 Å². The quantitative estimate of drug-likeness (QED) is 0.801. The van der Waals surface area contributed by atoms with Gasteiger partial charge >= 0.3 is 0 Å². The molecule has 6 heteroatoms. The molecule has 0 radical (unpaired) electrons. The summed E-state index contributed by atoms with van der Waals surface area (Å²) in [7, 11) is 0. The van der Waals surface area contributed by atoms with Crippen LogP contribution >= 0.6 is 0 Å². The van der Waals surface area contributed by atoms with Crippen molar-refractivity contribution in [2.45, 2.75) is 12.8 Å². The third-order valence-electron chi connectivity index (χ3n) is 4.37. The van der Waals surface area contributed by atoms with E-state index in [1.54, 1.807) is 12.1 Å². The van der Waals surface area contributed by atoms with E-state index in [1.165, 1.54) is 6.07 Å². The topological polar surface area (TPSA) is 54.0 Å². The van der Waals surface area contributed by atoms with Crippen LogP contribution in [0.1, 0.15) is 11.3 Å². The van der Waals surface area contributed by atoms with Crippen LogP contribution in [0.3, 0.4) is 0 Å². The lowest BCUT2D eigenvalue weighted by atomic mass is 10.1. The fraction of sp³-hybridized carbons (Fsp3) is 0.333. The number of ether oxygens (including phenoxy) is 1. The molecule has 0 bridgehead atoms. The van der Waals surface area contributed by atoms with Gasteiger partial charge in [-0.3, -0.25) is 0 Å². The zero-order valence-corrected chi connectivity index (χ0v) is 13.3. The predicted octanol–water partition coefficient (Wildman–Crippen LogP) is 2.72. The first-order valence-electron chi connectivity index (χ1n) is 8.20. The standard InChI is InChI=1S/C18H19FN4O/c19-14-2-4-17-16(11-14)13(12-21-17)1-3-15-5-6-20-18(22-15)23-7-9-24-10-8-23/h2,4-6,11-12,21H,1,3,7-10H2. The van der Waals surface area contributed by atoms with Crippen LogP contribution < -0.4 is 4.90 Å². The third kappa shape index (κ3) is 3.10. The first-order valence-corrected chi connectivity index (χ1v) is 8.20. The number of morpholine rings is 1. The molecule has 1 fully saturated rings. The summed E-state index contributed by atoms with van der Waals surface area (Å²) in [5.41, 5.74) is 3.07. The molecule has 0 amide bonds. The summed E-state index contributed by atoms with van der Waals surface area (Å²) in [6.07, 6.45) is 5.36. The van der Waals surface area contributed by atoms with Gasteiger partial charge in [0, 0.05) is 42.1 Å². The van der Waals surface area contributed by atoms with Crippen LogP contribution in [0, 0.1) is 5.82 Å². The molecule has 3 heterocycles. The number of fused-ring (bicyclic) bond motifs is 1. The van der Waals surface area contributed by atoms with Gasteiger partial charge in [0.25, 0.3) is 0 Å². The van der Waals surface area contributed by atoms with Gasteiger partial charge in [0.05, 0.1) is 13.2 Å². The number of anilines is 1. The number of hydrogen-bond donors (Lipinski definition) is 1. The summed E-state index contributed by atoms with van der Waals surface area (Å²) >= 11 is 0. The minimum Gasteiger partial charge on any atom is -0.378 e. The molecule has 1 N–H and O–H groups in total. The van der Waals surface area contributed by atoms with Crippen molar-refractivity contribution in [1.29, 1.82) is 0 Å². The highest BCUT2D eigenvalue weighted by atomic mass is 19.1. The largest absolute Gasteiger partial charge is 0.378 e. The molecule has 0 saturated carbocycles. The maximum Gasteiger partial charge on any atom is 0.225 e. The molecule has 0 aliphatic carbocycles. The Balaban J connectivity index is 1.49. The van der Waals surface area contributed by atoms with Crippen LogP contribution in [0.15, 0.2) is 36.7 Å². The number of aromatic amines is 1. The van der Waals surface area contributed by atoms with E-state index < -0.39 is 0 Å². The highest BCUT2D eigenvalue weighted by Gasteiger charge is 2.14. The predicted molar refractivity (Wildman–Crippen MR) is 90.7 cm³/mol. The molecule has 0 unspecified atom stereocenters. The molecular weight excluding hydrogens is 307 g/mol. The summed E-state index contributed by atoms with van der Waals surface area (Å²) in [5.74, 6) is 0.556. The Morgan fingerprint density at radius 3 is 2.92 bits per heavy atom. The Morgan fingerprint density at radius 1 is 1.17 bits per heavy atom. The molecule has 4 rings (SSSR count).